The molecule has 0 saturated heterocycles. The Balaban J connectivity index is 1.99. The minimum Gasteiger partial charge on any atom is -0.316 e. The van der Waals surface area contributed by atoms with E-state index in [2.05, 4.69) is 16.9 Å². The van der Waals surface area contributed by atoms with E-state index in [4.69, 9.17) is 4.99 Å². The number of rotatable bonds is 9. The number of hydrogen-bond acceptors (Lipinski definition) is 4. The van der Waals surface area contributed by atoms with Crippen LogP contribution in [0.3, 0.4) is 0 Å². The molecule has 0 atom stereocenters. The van der Waals surface area contributed by atoms with Gasteiger partial charge in [-0.15, -0.1) is 11.3 Å². The standard InChI is InChI=1S/C23H29N3O2S2/c1-4-5-6-10-17-26-22(18-29-23(26)24-20-11-8-7-9-12-20)19-13-15-21(16-14-19)30(27,28)25(2)3/h7-9,11-16,18H,4-6,10,17H2,1-3H3. The molecule has 0 saturated carbocycles. The first-order valence-electron chi connectivity index (χ1n) is 10.2. The molecule has 0 aliphatic carbocycles. The molecule has 0 radical (unpaired) electrons. The van der Waals surface area contributed by atoms with Gasteiger partial charge in [-0.25, -0.2) is 17.7 Å². The molecule has 3 aromatic rings. The molecule has 160 valence electrons. The van der Waals surface area contributed by atoms with Gasteiger partial charge in [-0.2, -0.15) is 0 Å². The summed E-state index contributed by atoms with van der Waals surface area (Å²) in [6.45, 7) is 3.10. The van der Waals surface area contributed by atoms with E-state index in [0.29, 0.717) is 4.90 Å². The molecule has 3 rings (SSSR count). The largest absolute Gasteiger partial charge is 0.316 e. The highest BCUT2D eigenvalue weighted by atomic mass is 32.2. The molecule has 2 aromatic carbocycles. The third kappa shape index (κ3) is 5.28. The zero-order valence-corrected chi connectivity index (χ0v) is 19.4. The molecule has 0 spiro atoms. The minimum atomic E-state index is -3.43. The highest BCUT2D eigenvalue weighted by molar-refractivity contribution is 7.89. The maximum atomic E-state index is 12.4. The van der Waals surface area contributed by atoms with Gasteiger partial charge in [-0.05, 0) is 36.2 Å². The topological polar surface area (TPSA) is 54.7 Å². The van der Waals surface area contributed by atoms with Gasteiger partial charge in [0.05, 0.1) is 16.3 Å². The van der Waals surface area contributed by atoms with Crippen LogP contribution in [0, 0.1) is 0 Å². The van der Waals surface area contributed by atoms with E-state index in [0.717, 1.165) is 34.7 Å². The van der Waals surface area contributed by atoms with Gasteiger partial charge in [-0.1, -0.05) is 56.5 Å². The summed E-state index contributed by atoms with van der Waals surface area (Å²) < 4.78 is 28.2. The van der Waals surface area contributed by atoms with Crippen molar-refractivity contribution >= 4 is 27.0 Å². The molecule has 0 unspecified atom stereocenters. The van der Waals surface area contributed by atoms with E-state index >= 15 is 0 Å². The van der Waals surface area contributed by atoms with Crippen molar-refractivity contribution in [2.24, 2.45) is 4.99 Å². The molecule has 0 aliphatic rings. The molecule has 0 bridgehead atoms. The molecule has 0 aliphatic heterocycles. The van der Waals surface area contributed by atoms with Crippen molar-refractivity contribution in [3.8, 4) is 11.3 Å². The average molecular weight is 444 g/mol. The van der Waals surface area contributed by atoms with Crippen molar-refractivity contribution in [2.75, 3.05) is 14.1 Å². The Labute approximate surface area is 183 Å². The molecule has 0 N–H and O–H groups in total. The fourth-order valence-corrected chi connectivity index (χ4v) is 5.04. The Morgan fingerprint density at radius 3 is 2.30 bits per heavy atom. The van der Waals surface area contributed by atoms with Crippen molar-refractivity contribution in [2.45, 2.75) is 44.0 Å². The maximum Gasteiger partial charge on any atom is 0.242 e. The van der Waals surface area contributed by atoms with Gasteiger partial charge >= 0.3 is 0 Å². The Hall–Kier alpha value is -2.22. The van der Waals surface area contributed by atoms with Crippen molar-refractivity contribution in [1.29, 1.82) is 0 Å². The van der Waals surface area contributed by atoms with E-state index in [9.17, 15) is 8.42 Å². The number of para-hydroxylation sites is 1. The minimum absolute atomic E-state index is 0.301. The summed E-state index contributed by atoms with van der Waals surface area (Å²) in [5, 5.41) is 2.11. The summed E-state index contributed by atoms with van der Waals surface area (Å²) in [6, 6.07) is 17.1. The highest BCUT2D eigenvalue weighted by Gasteiger charge is 2.17. The van der Waals surface area contributed by atoms with Gasteiger partial charge in [0.2, 0.25) is 10.0 Å². The summed E-state index contributed by atoms with van der Waals surface area (Å²) >= 11 is 1.61. The summed E-state index contributed by atoms with van der Waals surface area (Å²) in [5.74, 6) is 0. The lowest BCUT2D eigenvalue weighted by molar-refractivity contribution is 0.521. The molecule has 1 heterocycles. The van der Waals surface area contributed by atoms with Gasteiger partial charge in [-0.3, -0.25) is 0 Å². The first-order valence-corrected chi connectivity index (χ1v) is 12.6. The van der Waals surface area contributed by atoms with Gasteiger partial charge < -0.3 is 4.57 Å². The van der Waals surface area contributed by atoms with E-state index < -0.39 is 10.0 Å². The molecule has 1 aromatic heterocycles. The van der Waals surface area contributed by atoms with Crippen LogP contribution in [0.1, 0.15) is 32.6 Å². The van der Waals surface area contributed by atoms with E-state index in [1.807, 2.05) is 42.5 Å². The fraction of sp³-hybridized carbons (Fsp3) is 0.348. The summed E-state index contributed by atoms with van der Waals surface area (Å²) in [5.41, 5.74) is 2.99. The molecule has 0 amide bonds. The number of unbranched alkanes of at least 4 members (excludes halogenated alkanes) is 3. The molecule has 30 heavy (non-hydrogen) atoms. The highest BCUT2D eigenvalue weighted by Crippen LogP contribution is 2.24. The number of hydrogen-bond donors (Lipinski definition) is 0. The first kappa shape index (κ1) is 22.5. The second kappa shape index (κ2) is 10.2. The van der Waals surface area contributed by atoms with Gasteiger partial charge in [0, 0.05) is 26.0 Å². The normalized spacial score (nSPS) is 12.6. The predicted molar refractivity (Wildman–Crippen MR) is 124 cm³/mol. The van der Waals surface area contributed by atoms with Crippen LogP contribution >= 0.6 is 11.3 Å². The Kier molecular flexibility index (Phi) is 7.64. The van der Waals surface area contributed by atoms with Crippen LogP contribution in [0.5, 0.6) is 0 Å². The van der Waals surface area contributed by atoms with E-state index in [1.165, 1.54) is 23.6 Å². The van der Waals surface area contributed by atoms with Crippen LogP contribution < -0.4 is 4.80 Å². The number of thiazole rings is 1. The van der Waals surface area contributed by atoms with Crippen LogP contribution in [0.25, 0.3) is 11.3 Å². The first-order chi connectivity index (χ1) is 14.4. The Bertz CT molecular complexity index is 1110. The molecule has 7 heteroatoms. The molecule has 0 fully saturated rings. The predicted octanol–water partition coefficient (Wildman–Crippen LogP) is 5.28. The molecule has 5 nitrogen and oxygen atoms in total. The summed E-state index contributed by atoms with van der Waals surface area (Å²) in [4.78, 5) is 6.10. The number of nitrogens with zero attached hydrogens (tertiary/aromatic N) is 3. The fourth-order valence-electron chi connectivity index (χ4n) is 3.18. The summed E-state index contributed by atoms with van der Waals surface area (Å²) in [7, 11) is -0.341. The van der Waals surface area contributed by atoms with Gasteiger partial charge in [0.15, 0.2) is 4.80 Å². The SMILES string of the molecule is CCCCCCn1c(-c2ccc(S(=O)(=O)N(C)C)cc2)csc1=Nc1ccccc1. The quantitative estimate of drug-likeness (QED) is 0.423. The van der Waals surface area contributed by atoms with Crippen molar-refractivity contribution in [1.82, 2.24) is 8.87 Å². The van der Waals surface area contributed by atoms with Gasteiger partial charge in [0.1, 0.15) is 0 Å². The van der Waals surface area contributed by atoms with E-state index in [-0.39, 0.29) is 0 Å². The second-order valence-electron chi connectivity index (χ2n) is 7.37. The lowest BCUT2D eigenvalue weighted by Gasteiger charge is -2.13. The number of sulfonamides is 1. The zero-order chi connectivity index (χ0) is 21.6. The smallest absolute Gasteiger partial charge is 0.242 e. The second-order valence-corrected chi connectivity index (χ2v) is 10.4. The molecular formula is C23H29N3O2S2. The number of aromatic nitrogens is 1. The van der Waals surface area contributed by atoms with Gasteiger partial charge in [0.25, 0.3) is 0 Å². The average Bonchev–Trinajstić information content (AvgIpc) is 3.14. The van der Waals surface area contributed by atoms with Crippen molar-refractivity contribution in [3.05, 3.63) is 64.8 Å². The van der Waals surface area contributed by atoms with Crippen LogP contribution in [0.4, 0.5) is 5.69 Å². The Morgan fingerprint density at radius 1 is 0.967 bits per heavy atom. The third-order valence-electron chi connectivity index (χ3n) is 4.94. The molecular weight excluding hydrogens is 414 g/mol. The van der Waals surface area contributed by atoms with Crippen molar-refractivity contribution < 1.29 is 8.42 Å². The number of benzene rings is 2. The van der Waals surface area contributed by atoms with E-state index in [1.54, 1.807) is 37.6 Å². The zero-order valence-electron chi connectivity index (χ0n) is 17.8. The van der Waals surface area contributed by atoms with Crippen LogP contribution in [0.15, 0.2) is 69.9 Å². The monoisotopic (exact) mass is 443 g/mol. The lowest BCUT2D eigenvalue weighted by Crippen LogP contribution is -2.22. The Morgan fingerprint density at radius 2 is 1.67 bits per heavy atom. The summed E-state index contributed by atoms with van der Waals surface area (Å²) in [6.07, 6.45) is 4.70. The van der Waals surface area contributed by atoms with Crippen molar-refractivity contribution in [3.63, 3.8) is 0 Å². The van der Waals surface area contributed by atoms with Crippen LogP contribution in [-0.2, 0) is 16.6 Å². The maximum absolute atomic E-state index is 12.4. The third-order valence-corrected chi connectivity index (χ3v) is 7.64. The van der Waals surface area contributed by atoms with Crippen LogP contribution in [-0.4, -0.2) is 31.4 Å². The van der Waals surface area contributed by atoms with Crippen LogP contribution in [0.2, 0.25) is 0 Å². The lowest BCUT2D eigenvalue weighted by atomic mass is 10.1.